The maximum absolute atomic E-state index is 8.79. The summed E-state index contributed by atoms with van der Waals surface area (Å²) in [5.74, 6) is 0.683. The van der Waals surface area contributed by atoms with E-state index in [0.29, 0.717) is 5.95 Å². The molecule has 18 heavy (non-hydrogen) atoms. The zero-order valence-electron chi connectivity index (χ0n) is 10.0. The van der Waals surface area contributed by atoms with Crippen molar-refractivity contribution < 1.29 is 5.11 Å². The Balaban J connectivity index is 2.10. The minimum absolute atomic E-state index is 0.186. The first-order valence-corrected chi connectivity index (χ1v) is 7.21. The Labute approximate surface area is 118 Å². The van der Waals surface area contributed by atoms with E-state index < -0.39 is 0 Å². The summed E-state index contributed by atoms with van der Waals surface area (Å²) in [4.78, 5) is 11.8. The van der Waals surface area contributed by atoms with Crippen LogP contribution in [0.4, 0.5) is 5.95 Å². The Hall–Kier alpha value is -0.980. The second kappa shape index (κ2) is 6.26. The van der Waals surface area contributed by atoms with E-state index in [1.807, 2.05) is 36.5 Å². The highest BCUT2D eigenvalue weighted by molar-refractivity contribution is 9.11. The molecule has 2 rings (SSSR count). The van der Waals surface area contributed by atoms with Crippen LogP contribution in [-0.2, 0) is 0 Å². The lowest BCUT2D eigenvalue weighted by atomic mass is 10.3. The number of thiophene rings is 1. The zero-order valence-corrected chi connectivity index (χ0v) is 12.4. The fourth-order valence-electron chi connectivity index (χ4n) is 1.52. The van der Waals surface area contributed by atoms with E-state index in [1.54, 1.807) is 11.3 Å². The fraction of sp³-hybridized carbons (Fsp3) is 0.333. The molecule has 0 unspecified atom stereocenters. The highest BCUT2D eigenvalue weighted by atomic mass is 79.9. The molecule has 0 aliphatic heterocycles. The molecule has 2 aromatic heterocycles. The van der Waals surface area contributed by atoms with Gasteiger partial charge in [0, 0.05) is 43.0 Å². The minimum atomic E-state index is 0.186. The van der Waals surface area contributed by atoms with E-state index in [-0.39, 0.29) is 6.61 Å². The maximum atomic E-state index is 8.79. The molecule has 0 aliphatic rings. The molecule has 0 amide bonds. The molecule has 96 valence electrons. The number of aromatic nitrogens is 2. The molecule has 4 nitrogen and oxygen atoms in total. The molecule has 1 N–H and O–H groups in total. The fourth-order valence-corrected chi connectivity index (χ4v) is 2.88. The van der Waals surface area contributed by atoms with E-state index in [2.05, 4.69) is 25.9 Å². The van der Waals surface area contributed by atoms with Crippen molar-refractivity contribution in [3.05, 3.63) is 28.3 Å². The second-order valence-corrected chi connectivity index (χ2v) is 6.34. The molecule has 6 heteroatoms. The van der Waals surface area contributed by atoms with Gasteiger partial charge in [0.15, 0.2) is 0 Å². The molecule has 0 radical (unpaired) electrons. The van der Waals surface area contributed by atoms with E-state index in [9.17, 15) is 0 Å². The maximum Gasteiger partial charge on any atom is 0.225 e. The lowest BCUT2D eigenvalue weighted by molar-refractivity contribution is 0.290. The smallest absolute Gasteiger partial charge is 0.225 e. The molecule has 0 fully saturated rings. The van der Waals surface area contributed by atoms with Gasteiger partial charge in [-0.15, -0.1) is 11.3 Å². The summed E-state index contributed by atoms with van der Waals surface area (Å²) in [6.07, 6.45) is 4.38. The molecule has 0 spiro atoms. The Kier molecular flexibility index (Phi) is 4.68. The van der Waals surface area contributed by atoms with Gasteiger partial charge in [-0.1, -0.05) is 0 Å². The molecule has 2 aromatic rings. The number of anilines is 1. The van der Waals surface area contributed by atoms with Crippen LogP contribution in [0.25, 0.3) is 10.4 Å². The van der Waals surface area contributed by atoms with Crippen LogP contribution in [0.3, 0.4) is 0 Å². The lowest BCUT2D eigenvalue weighted by Gasteiger charge is -2.15. The van der Waals surface area contributed by atoms with Crippen molar-refractivity contribution in [1.82, 2.24) is 9.97 Å². The van der Waals surface area contributed by atoms with Crippen molar-refractivity contribution >= 4 is 33.2 Å². The van der Waals surface area contributed by atoms with Crippen LogP contribution in [0.15, 0.2) is 28.3 Å². The molecule has 0 aliphatic carbocycles. The van der Waals surface area contributed by atoms with Crippen molar-refractivity contribution in [3.63, 3.8) is 0 Å². The number of aliphatic hydroxyl groups excluding tert-OH is 1. The SMILES string of the molecule is CN(CCCO)c1ncc(-c2ccc(Br)s2)cn1. The first kappa shape index (κ1) is 13.5. The van der Waals surface area contributed by atoms with E-state index in [0.717, 1.165) is 27.2 Å². The Morgan fingerprint density at radius 3 is 2.61 bits per heavy atom. The Morgan fingerprint density at radius 1 is 1.33 bits per heavy atom. The van der Waals surface area contributed by atoms with E-state index in [4.69, 9.17) is 5.11 Å². The van der Waals surface area contributed by atoms with Gasteiger partial charge >= 0.3 is 0 Å². The summed E-state index contributed by atoms with van der Waals surface area (Å²) in [7, 11) is 1.92. The summed E-state index contributed by atoms with van der Waals surface area (Å²) in [5, 5.41) is 8.79. The molecule has 0 atom stereocenters. The molecule has 0 saturated heterocycles. The van der Waals surface area contributed by atoms with Gasteiger partial charge in [-0.2, -0.15) is 0 Å². The summed E-state index contributed by atoms with van der Waals surface area (Å²) in [6, 6.07) is 4.06. The number of hydrogen-bond donors (Lipinski definition) is 1. The second-order valence-electron chi connectivity index (χ2n) is 3.87. The number of hydrogen-bond acceptors (Lipinski definition) is 5. The van der Waals surface area contributed by atoms with Crippen molar-refractivity contribution in [2.45, 2.75) is 6.42 Å². The number of rotatable bonds is 5. The summed E-state index contributed by atoms with van der Waals surface area (Å²) in [6.45, 7) is 0.937. The first-order chi connectivity index (χ1) is 8.70. The van der Waals surface area contributed by atoms with Gasteiger partial charge in [0.05, 0.1) is 3.79 Å². The molecule has 0 saturated carbocycles. The molecule has 2 heterocycles. The third kappa shape index (κ3) is 3.28. The Bertz CT molecular complexity index is 500. The first-order valence-electron chi connectivity index (χ1n) is 5.60. The predicted octanol–water partition coefficient (Wildman–Crippen LogP) is 2.79. The van der Waals surface area contributed by atoms with Crippen LogP contribution in [0.1, 0.15) is 6.42 Å². The number of nitrogens with zero attached hydrogens (tertiary/aromatic N) is 3. The highest BCUT2D eigenvalue weighted by Crippen LogP contribution is 2.30. The van der Waals surface area contributed by atoms with Crippen molar-refractivity contribution in [2.75, 3.05) is 25.1 Å². The molecular formula is C12H14BrN3OS. The molecule has 0 aromatic carbocycles. The predicted molar refractivity (Wildman–Crippen MR) is 78.0 cm³/mol. The van der Waals surface area contributed by atoms with E-state index in [1.165, 1.54) is 0 Å². The van der Waals surface area contributed by atoms with Crippen LogP contribution >= 0.6 is 27.3 Å². The third-order valence-electron chi connectivity index (χ3n) is 2.49. The quantitative estimate of drug-likeness (QED) is 0.917. The average Bonchev–Trinajstić information content (AvgIpc) is 2.83. The normalized spacial score (nSPS) is 10.6. The van der Waals surface area contributed by atoms with Gasteiger partial charge in [-0.3, -0.25) is 0 Å². The van der Waals surface area contributed by atoms with Crippen LogP contribution < -0.4 is 4.90 Å². The van der Waals surface area contributed by atoms with Crippen LogP contribution in [0.2, 0.25) is 0 Å². The highest BCUT2D eigenvalue weighted by Gasteiger charge is 2.06. The van der Waals surface area contributed by atoms with Crippen molar-refractivity contribution in [1.29, 1.82) is 0 Å². The summed E-state index contributed by atoms with van der Waals surface area (Å²) in [5.41, 5.74) is 1.02. The average molecular weight is 328 g/mol. The minimum Gasteiger partial charge on any atom is -0.396 e. The topological polar surface area (TPSA) is 49.2 Å². The summed E-state index contributed by atoms with van der Waals surface area (Å²) < 4.78 is 1.10. The van der Waals surface area contributed by atoms with Crippen LogP contribution in [0, 0.1) is 0 Å². The number of halogens is 1. The van der Waals surface area contributed by atoms with Gasteiger partial charge in [-0.05, 0) is 34.5 Å². The largest absolute Gasteiger partial charge is 0.396 e. The monoisotopic (exact) mass is 327 g/mol. The van der Waals surface area contributed by atoms with Gasteiger partial charge in [0.1, 0.15) is 0 Å². The van der Waals surface area contributed by atoms with Crippen LogP contribution in [-0.4, -0.2) is 35.3 Å². The summed E-state index contributed by atoms with van der Waals surface area (Å²) >= 11 is 5.10. The van der Waals surface area contributed by atoms with Gasteiger partial charge in [0.25, 0.3) is 0 Å². The lowest BCUT2D eigenvalue weighted by Crippen LogP contribution is -2.21. The standard InChI is InChI=1S/C12H14BrN3OS/c1-16(5-2-6-17)12-14-7-9(8-15-12)10-3-4-11(13)18-10/h3-4,7-8,17H,2,5-6H2,1H3. The number of aliphatic hydroxyl groups is 1. The van der Waals surface area contributed by atoms with E-state index >= 15 is 0 Å². The van der Waals surface area contributed by atoms with Crippen molar-refractivity contribution in [3.8, 4) is 10.4 Å². The Morgan fingerprint density at radius 2 is 2.06 bits per heavy atom. The third-order valence-corrected chi connectivity index (χ3v) is 4.16. The molecular weight excluding hydrogens is 314 g/mol. The van der Waals surface area contributed by atoms with Gasteiger partial charge in [0.2, 0.25) is 5.95 Å². The van der Waals surface area contributed by atoms with Crippen LogP contribution in [0.5, 0.6) is 0 Å². The van der Waals surface area contributed by atoms with Gasteiger partial charge in [-0.25, -0.2) is 9.97 Å². The van der Waals surface area contributed by atoms with Crippen molar-refractivity contribution in [2.24, 2.45) is 0 Å². The molecule has 0 bridgehead atoms. The zero-order chi connectivity index (χ0) is 13.0. The van der Waals surface area contributed by atoms with Gasteiger partial charge < -0.3 is 10.0 Å².